The Labute approximate surface area is 190 Å². The van der Waals surface area contributed by atoms with E-state index in [1.807, 2.05) is 18.2 Å². The summed E-state index contributed by atoms with van der Waals surface area (Å²) in [6.07, 6.45) is 2.48. The van der Waals surface area contributed by atoms with E-state index >= 15 is 0 Å². The number of hydrogen-bond acceptors (Lipinski definition) is 5. The van der Waals surface area contributed by atoms with Gasteiger partial charge in [0.15, 0.2) is 0 Å². The molecule has 0 saturated heterocycles. The van der Waals surface area contributed by atoms with E-state index < -0.39 is 17.5 Å². The van der Waals surface area contributed by atoms with Crippen LogP contribution in [-0.2, 0) is 6.61 Å². The van der Waals surface area contributed by atoms with E-state index in [2.05, 4.69) is 24.1 Å². The third-order valence-corrected chi connectivity index (χ3v) is 5.22. The molecule has 2 heterocycles. The summed E-state index contributed by atoms with van der Waals surface area (Å²) in [5.74, 6) is -0.248. The molecule has 0 radical (unpaired) electrons. The molecule has 1 amide bonds. The largest absolute Gasteiger partial charge is 0.492 e. The quantitative estimate of drug-likeness (QED) is 0.530. The summed E-state index contributed by atoms with van der Waals surface area (Å²) in [6.45, 7) is 4.96. The molecule has 1 aliphatic rings. The van der Waals surface area contributed by atoms with Gasteiger partial charge in [-0.15, -0.1) is 0 Å². The van der Waals surface area contributed by atoms with Crippen molar-refractivity contribution in [1.82, 2.24) is 4.98 Å². The van der Waals surface area contributed by atoms with Crippen molar-refractivity contribution in [3.05, 3.63) is 71.4 Å². The van der Waals surface area contributed by atoms with Crippen LogP contribution in [0.15, 0.2) is 48.7 Å². The minimum atomic E-state index is -0.826. The molecule has 3 N–H and O–H groups in total. The molecule has 1 unspecified atom stereocenters. The van der Waals surface area contributed by atoms with Crippen LogP contribution in [0, 0.1) is 17.6 Å². The van der Waals surface area contributed by atoms with Gasteiger partial charge in [-0.2, -0.15) is 0 Å². The smallest absolute Gasteiger partial charge is 0.257 e. The number of carbonyl (C=O) groups is 1. The number of rotatable bonds is 7. The lowest BCUT2D eigenvalue weighted by molar-refractivity contribution is 0.102. The third kappa shape index (κ3) is 5.46. The van der Waals surface area contributed by atoms with Crippen molar-refractivity contribution in [1.29, 1.82) is 0 Å². The number of halogens is 2. The Morgan fingerprint density at radius 1 is 1.15 bits per heavy atom. The zero-order valence-corrected chi connectivity index (χ0v) is 18.4. The first-order chi connectivity index (χ1) is 15.8. The zero-order chi connectivity index (χ0) is 23.5. The predicted molar refractivity (Wildman–Crippen MR) is 121 cm³/mol. The van der Waals surface area contributed by atoms with E-state index in [-0.39, 0.29) is 17.4 Å². The average Bonchev–Trinajstić information content (AvgIpc) is 2.76. The number of nitrogens with two attached hydrogens (primary N) is 1. The van der Waals surface area contributed by atoms with Crippen LogP contribution in [0.1, 0.15) is 36.2 Å². The van der Waals surface area contributed by atoms with E-state index in [1.54, 1.807) is 12.3 Å². The Morgan fingerprint density at radius 3 is 2.64 bits per heavy atom. The van der Waals surface area contributed by atoms with Crippen molar-refractivity contribution < 1.29 is 23.0 Å². The number of anilines is 1. The first-order valence-corrected chi connectivity index (χ1v) is 10.7. The number of ether oxygens (including phenoxy) is 2. The SMILES string of the molecule is CC(C)CC(N)COc1ccc2c(c1)OCc1cnc(NC(=O)c3cc(F)cc(F)c3)cc1-2. The minimum Gasteiger partial charge on any atom is -0.492 e. The summed E-state index contributed by atoms with van der Waals surface area (Å²) in [7, 11) is 0. The van der Waals surface area contributed by atoms with Crippen molar-refractivity contribution in [3.63, 3.8) is 0 Å². The highest BCUT2D eigenvalue weighted by Gasteiger charge is 2.20. The van der Waals surface area contributed by atoms with Gasteiger partial charge in [0, 0.05) is 41.1 Å². The second kappa shape index (κ2) is 9.54. The van der Waals surface area contributed by atoms with Gasteiger partial charge in [-0.1, -0.05) is 13.8 Å². The number of hydrogen-bond donors (Lipinski definition) is 2. The van der Waals surface area contributed by atoms with Crippen LogP contribution in [-0.4, -0.2) is 23.5 Å². The molecular formula is C25H25F2N3O3. The molecule has 1 atom stereocenters. The molecule has 1 aromatic heterocycles. The number of benzene rings is 2. The van der Waals surface area contributed by atoms with Crippen LogP contribution >= 0.6 is 0 Å². The van der Waals surface area contributed by atoms with Crippen LogP contribution < -0.4 is 20.5 Å². The lowest BCUT2D eigenvalue weighted by atomic mass is 9.98. The van der Waals surface area contributed by atoms with E-state index in [1.165, 1.54) is 0 Å². The maximum Gasteiger partial charge on any atom is 0.257 e. The minimum absolute atomic E-state index is 0.0496. The van der Waals surface area contributed by atoms with Crippen LogP contribution in [0.2, 0.25) is 0 Å². The molecule has 0 bridgehead atoms. The van der Waals surface area contributed by atoms with Crippen LogP contribution in [0.4, 0.5) is 14.6 Å². The summed E-state index contributed by atoms with van der Waals surface area (Å²) >= 11 is 0. The van der Waals surface area contributed by atoms with Crippen LogP contribution in [0.3, 0.4) is 0 Å². The third-order valence-electron chi connectivity index (χ3n) is 5.22. The Morgan fingerprint density at radius 2 is 1.91 bits per heavy atom. The normalized spacial score (nSPS) is 13.0. The van der Waals surface area contributed by atoms with E-state index in [9.17, 15) is 13.6 Å². The average molecular weight is 453 g/mol. The van der Waals surface area contributed by atoms with Crippen molar-refractivity contribution in [3.8, 4) is 22.6 Å². The summed E-state index contributed by atoms with van der Waals surface area (Å²) in [6, 6.07) is 9.84. The molecule has 0 fully saturated rings. The summed E-state index contributed by atoms with van der Waals surface area (Å²) < 4.78 is 38.6. The molecule has 3 aromatic rings. The Kier molecular flexibility index (Phi) is 6.55. The van der Waals surface area contributed by atoms with E-state index in [0.29, 0.717) is 36.7 Å². The van der Waals surface area contributed by atoms with Gasteiger partial charge in [-0.05, 0) is 48.2 Å². The maximum absolute atomic E-state index is 13.4. The Hall–Kier alpha value is -3.52. The fourth-order valence-corrected chi connectivity index (χ4v) is 3.76. The van der Waals surface area contributed by atoms with Crippen molar-refractivity contribution >= 4 is 11.7 Å². The monoisotopic (exact) mass is 453 g/mol. The van der Waals surface area contributed by atoms with Crippen molar-refractivity contribution in [2.75, 3.05) is 11.9 Å². The van der Waals surface area contributed by atoms with E-state index in [4.69, 9.17) is 15.2 Å². The molecule has 0 saturated carbocycles. The second-order valence-corrected chi connectivity index (χ2v) is 8.49. The van der Waals surface area contributed by atoms with Gasteiger partial charge in [-0.25, -0.2) is 13.8 Å². The second-order valence-electron chi connectivity index (χ2n) is 8.49. The number of pyridine rings is 1. The first-order valence-electron chi connectivity index (χ1n) is 10.7. The lowest BCUT2D eigenvalue weighted by Gasteiger charge is -2.22. The highest BCUT2D eigenvalue weighted by Crippen LogP contribution is 2.40. The number of nitrogens with one attached hydrogen (secondary N) is 1. The first kappa shape index (κ1) is 22.7. The van der Waals surface area contributed by atoms with Gasteiger partial charge in [0.1, 0.15) is 42.2 Å². The highest BCUT2D eigenvalue weighted by atomic mass is 19.1. The van der Waals surface area contributed by atoms with Crippen LogP contribution in [0.5, 0.6) is 11.5 Å². The summed E-state index contributed by atoms with van der Waals surface area (Å²) in [5, 5.41) is 2.59. The molecule has 0 spiro atoms. The maximum atomic E-state index is 13.4. The van der Waals surface area contributed by atoms with Crippen LogP contribution in [0.25, 0.3) is 11.1 Å². The molecule has 4 rings (SSSR count). The number of nitrogens with zero attached hydrogens (tertiary/aromatic N) is 1. The number of amides is 1. The number of aromatic nitrogens is 1. The highest BCUT2D eigenvalue weighted by molar-refractivity contribution is 6.04. The number of fused-ring (bicyclic) bond motifs is 3. The van der Waals surface area contributed by atoms with Gasteiger partial charge < -0.3 is 20.5 Å². The summed E-state index contributed by atoms with van der Waals surface area (Å²) in [4.78, 5) is 16.7. The molecule has 2 aromatic carbocycles. The fraction of sp³-hybridized carbons (Fsp3) is 0.280. The Bertz CT molecular complexity index is 1160. The predicted octanol–water partition coefficient (Wildman–Crippen LogP) is 4.92. The zero-order valence-electron chi connectivity index (χ0n) is 18.4. The molecule has 0 aliphatic carbocycles. The van der Waals surface area contributed by atoms with Gasteiger partial charge in [0.05, 0.1) is 0 Å². The Balaban J connectivity index is 1.51. The molecule has 1 aliphatic heterocycles. The molecular weight excluding hydrogens is 428 g/mol. The molecule has 172 valence electrons. The fourth-order valence-electron chi connectivity index (χ4n) is 3.76. The summed E-state index contributed by atoms with van der Waals surface area (Å²) in [5.41, 5.74) is 8.49. The van der Waals surface area contributed by atoms with E-state index in [0.717, 1.165) is 35.2 Å². The number of carbonyl (C=O) groups excluding carboxylic acids is 1. The molecule has 8 heteroatoms. The van der Waals surface area contributed by atoms with Gasteiger partial charge in [-0.3, -0.25) is 4.79 Å². The van der Waals surface area contributed by atoms with Gasteiger partial charge >= 0.3 is 0 Å². The molecule has 6 nitrogen and oxygen atoms in total. The van der Waals surface area contributed by atoms with Crippen molar-refractivity contribution in [2.45, 2.75) is 32.9 Å². The lowest BCUT2D eigenvalue weighted by Crippen LogP contribution is -2.29. The van der Waals surface area contributed by atoms with Gasteiger partial charge in [0.25, 0.3) is 5.91 Å². The standard InChI is InChI=1S/C25H25F2N3O3/c1-14(2)5-19(28)13-32-20-3-4-21-22-10-24(29-11-16(22)12-33-23(21)9-20)30-25(31)15-6-17(26)8-18(27)7-15/h3-4,6-11,14,19H,5,12-13,28H2,1-2H3,(H,29,30,31). The molecule has 33 heavy (non-hydrogen) atoms. The van der Waals surface area contributed by atoms with Gasteiger partial charge in [0.2, 0.25) is 0 Å². The topological polar surface area (TPSA) is 86.5 Å². The van der Waals surface area contributed by atoms with Crippen molar-refractivity contribution in [2.24, 2.45) is 11.7 Å².